The molecule has 2 saturated carbocycles. The summed E-state index contributed by atoms with van der Waals surface area (Å²) in [4.78, 5) is 12.4. The third-order valence-electron chi connectivity index (χ3n) is 5.20. The van der Waals surface area contributed by atoms with Crippen molar-refractivity contribution in [1.29, 1.82) is 0 Å². The minimum atomic E-state index is -3.56. The van der Waals surface area contributed by atoms with E-state index in [9.17, 15) is 13.2 Å². The van der Waals surface area contributed by atoms with Gasteiger partial charge in [-0.25, -0.2) is 8.42 Å². The standard InChI is InChI=1S/C17H23ClN2O3S/c1-11-7-14(18)5-6-16(11)20(24(2,22)23)10-17(21)19-15-9-12-3-4-13(15)8-12/h5-7,12-13,15H,3-4,8-10H2,1-2H3,(H,19,21)/t12-,13-,15+/m1/s1. The normalized spacial score (nSPS) is 25.7. The Morgan fingerprint density at radius 3 is 2.62 bits per heavy atom. The SMILES string of the molecule is Cc1cc(Cl)ccc1N(CC(=O)N[C@H]1C[C@@H]2CC[C@@H]1C2)S(C)(=O)=O. The Bertz CT molecular complexity index is 750. The summed E-state index contributed by atoms with van der Waals surface area (Å²) in [5.41, 5.74) is 1.21. The van der Waals surface area contributed by atoms with Crippen molar-refractivity contribution in [3.63, 3.8) is 0 Å². The van der Waals surface area contributed by atoms with Crippen LogP contribution in [0.5, 0.6) is 0 Å². The summed E-state index contributed by atoms with van der Waals surface area (Å²) in [6, 6.07) is 5.17. The van der Waals surface area contributed by atoms with Crippen LogP contribution in [0, 0.1) is 18.8 Å². The van der Waals surface area contributed by atoms with E-state index in [0.717, 1.165) is 28.5 Å². The highest BCUT2D eigenvalue weighted by molar-refractivity contribution is 7.92. The summed E-state index contributed by atoms with van der Waals surface area (Å²) in [6.45, 7) is 1.59. The maximum atomic E-state index is 12.4. The number of amides is 1. The number of carbonyl (C=O) groups excluding carboxylic acids is 1. The highest BCUT2D eigenvalue weighted by atomic mass is 35.5. The Morgan fingerprint density at radius 1 is 1.33 bits per heavy atom. The Hall–Kier alpha value is -1.27. The minimum Gasteiger partial charge on any atom is -0.352 e. The fourth-order valence-electron chi connectivity index (χ4n) is 4.08. The Morgan fingerprint density at radius 2 is 2.08 bits per heavy atom. The van der Waals surface area contributed by atoms with Crippen molar-refractivity contribution in [1.82, 2.24) is 5.32 Å². The van der Waals surface area contributed by atoms with Gasteiger partial charge in [-0.1, -0.05) is 18.0 Å². The van der Waals surface area contributed by atoms with E-state index in [-0.39, 0.29) is 18.5 Å². The quantitative estimate of drug-likeness (QED) is 0.866. The molecule has 0 aromatic heterocycles. The van der Waals surface area contributed by atoms with Crippen LogP contribution in [-0.4, -0.2) is 33.2 Å². The van der Waals surface area contributed by atoms with Crippen LogP contribution in [0.15, 0.2) is 18.2 Å². The molecule has 2 fully saturated rings. The Labute approximate surface area is 148 Å². The lowest BCUT2D eigenvalue weighted by atomic mass is 9.95. The Balaban J connectivity index is 1.74. The van der Waals surface area contributed by atoms with Gasteiger partial charge in [-0.05, 0) is 61.8 Å². The zero-order chi connectivity index (χ0) is 17.5. The monoisotopic (exact) mass is 370 g/mol. The molecule has 1 aromatic carbocycles. The van der Waals surface area contributed by atoms with Gasteiger partial charge in [-0.3, -0.25) is 9.10 Å². The van der Waals surface area contributed by atoms with Crippen molar-refractivity contribution < 1.29 is 13.2 Å². The van der Waals surface area contributed by atoms with Gasteiger partial charge in [-0.2, -0.15) is 0 Å². The molecule has 0 unspecified atom stereocenters. The average molecular weight is 371 g/mol. The van der Waals surface area contributed by atoms with Crippen LogP contribution in [0.4, 0.5) is 5.69 Å². The first-order chi connectivity index (χ1) is 11.2. The molecule has 2 bridgehead atoms. The third kappa shape index (κ3) is 3.70. The average Bonchev–Trinajstić information content (AvgIpc) is 3.07. The van der Waals surface area contributed by atoms with Gasteiger partial charge >= 0.3 is 0 Å². The van der Waals surface area contributed by atoms with Crippen molar-refractivity contribution in [2.24, 2.45) is 11.8 Å². The number of benzene rings is 1. The molecular formula is C17H23ClN2O3S. The lowest BCUT2D eigenvalue weighted by Crippen LogP contribution is -2.45. The summed E-state index contributed by atoms with van der Waals surface area (Å²) >= 11 is 5.94. The van der Waals surface area contributed by atoms with E-state index < -0.39 is 10.0 Å². The lowest BCUT2D eigenvalue weighted by molar-refractivity contribution is -0.120. The molecular weight excluding hydrogens is 348 g/mol. The second kappa shape index (κ2) is 6.56. The molecule has 0 spiro atoms. The van der Waals surface area contributed by atoms with Crippen LogP contribution in [0.25, 0.3) is 0 Å². The zero-order valence-electron chi connectivity index (χ0n) is 14.0. The topological polar surface area (TPSA) is 66.5 Å². The predicted octanol–water partition coefficient (Wildman–Crippen LogP) is 2.72. The first-order valence-electron chi connectivity index (χ1n) is 8.27. The summed E-state index contributed by atoms with van der Waals surface area (Å²) in [5, 5.41) is 3.58. The fourth-order valence-corrected chi connectivity index (χ4v) is 5.22. The smallest absolute Gasteiger partial charge is 0.241 e. The van der Waals surface area contributed by atoms with Gasteiger partial charge in [0.1, 0.15) is 6.54 Å². The fraction of sp³-hybridized carbons (Fsp3) is 0.588. The predicted molar refractivity (Wildman–Crippen MR) is 95.8 cm³/mol. The maximum Gasteiger partial charge on any atom is 0.241 e. The number of aryl methyl sites for hydroxylation is 1. The van der Waals surface area contributed by atoms with Crippen LogP contribution in [-0.2, 0) is 14.8 Å². The van der Waals surface area contributed by atoms with Gasteiger partial charge in [0.25, 0.3) is 0 Å². The summed E-state index contributed by atoms with van der Waals surface area (Å²) in [5.74, 6) is 1.04. The number of rotatable bonds is 5. The van der Waals surface area contributed by atoms with Gasteiger partial charge in [-0.15, -0.1) is 0 Å². The van der Waals surface area contributed by atoms with E-state index >= 15 is 0 Å². The van der Waals surface area contributed by atoms with E-state index in [1.165, 1.54) is 19.3 Å². The number of fused-ring (bicyclic) bond motifs is 2. The van der Waals surface area contributed by atoms with Crippen LogP contribution < -0.4 is 9.62 Å². The number of nitrogens with one attached hydrogen (secondary N) is 1. The molecule has 5 nitrogen and oxygen atoms in total. The Kier molecular flexibility index (Phi) is 4.80. The van der Waals surface area contributed by atoms with Crippen molar-refractivity contribution in [3.05, 3.63) is 28.8 Å². The number of halogens is 1. The van der Waals surface area contributed by atoms with E-state index in [1.807, 2.05) is 0 Å². The molecule has 132 valence electrons. The molecule has 0 heterocycles. The summed E-state index contributed by atoms with van der Waals surface area (Å²) in [6.07, 6.45) is 5.76. The molecule has 1 amide bonds. The third-order valence-corrected chi connectivity index (χ3v) is 6.56. The second-order valence-electron chi connectivity index (χ2n) is 7.05. The van der Waals surface area contributed by atoms with Gasteiger partial charge in [0.05, 0.1) is 11.9 Å². The highest BCUT2D eigenvalue weighted by Crippen LogP contribution is 2.44. The molecule has 2 aliphatic rings. The number of nitrogens with zero attached hydrogens (tertiary/aromatic N) is 1. The molecule has 0 radical (unpaired) electrons. The molecule has 3 atom stereocenters. The molecule has 2 aliphatic carbocycles. The molecule has 3 rings (SSSR count). The number of anilines is 1. The summed E-state index contributed by atoms with van der Waals surface area (Å²) < 4.78 is 25.5. The van der Waals surface area contributed by atoms with Gasteiger partial charge in [0, 0.05) is 11.1 Å². The molecule has 1 N–H and O–H groups in total. The second-order valence-corrected chi connectivity index (χ2v) is 9.39. The largest absolute Gasteiger partial charge is 0.352 e. The van der Waals surface area contributed by atoms with E-state index in [0.29, 0.717) is 16.6 Å². The first kappa shape index (κ1) is 17.5. The van der Waals surface area contributed by atoms with Crippen molar-refractivity contribution >= 4 is 33.2 Å². The highest BCUT2D eigenvalue weighted by Gasteiger charge is 2.40. The van der Waals surface area contributed by atoms with Crippen LogP contribution in [0.3, 0.4) is 0 Å². The van der Waals surface area contributed by atoms with Crippen LogP contribution in [0.2, 0.25) is 5.02 Å². The van der Waals surface area contributed by atoms with Gasteiger partial charge in [0.15, 0.2) is 0 Å². The number of carbonyl (C=O) groups is 1. The minimum absolute atomic E-state index is 0.198. The molecule has 7 heteroatoms. The van der Waals surface area contributed by atoms with Gasteiger partial charge < -0.3 is 5.32 Å². The zero-order valence-corrected chi connectivity index (χ0v) is 15.5. The number of hydrogen-bond donors (Lipinski definition) is 1. The van der Waals surface area contributed by atoms with Crippen molar-refractivity contribution in [3.8, 4) is 0 Å². The van der Waals surface area contributed by atoms with Crippen LogP contribution >= 0.6 is 11.6 Å². The number of hydrogen-bond acceptors (Lipinski definition) is 3. The lowest BCUT2D eigenvalue weighted by Gasteiger charge is -2.27. The molecule has 1 aromatic rings. The van der Waals surface area contributed by atoms with Crippen molar-refractivity contribution in [2.45, 2.75) is 38.6 Å². The molecule has 0 aliphatic heterocycles. The van der Waals surface area contributed by atoms with Gasteiger partial charge in [0.2, 0.25) is 15.9 Å². The molecule has 0 saturated heterocycles. The maximum absolute atomic E-state index is 12.4. The first-order valence-corrected chi connectivity index (χ1v) is 10.5. The number of sulfonamides is 1. The van der Waals surface area contributed by atoms with E-state index in [4.69, 9.17) is 11.6 Å². The van der Waals surface area contributed by atoms with Crippen molar-refractivity contribution in [2.75, 3.05) is 17.1 Å². The van der Waals surface area contributed by atoms with E-state index in [1.54, 1.807) is 25.1 Å². The molecule has 24 heavy (non-hydrogen) atoms. The summed E-state index contributed by atoms with van der Waals surface area (Å²) in [7, 11) is -3.56. The van der Waals surface area contributed by atoms with E-state index in [2.05, 4.69) is 5.32 Å². The van der Waals surface area contributed by atoms with Crippen LogP contribution in [0.1, 0.15) is 31.2 Å².